The summed E-state index contributed by atoms with van der Waals surface area (Å²) < 4.78 is 26.0. The van der Waals surface area contributed by atoms with Crippen LogP contribution in [0.3, 0.4) is 0 Å². The molecule has 0 unspecified atom stereocenters. The first-order valence-corrected chi connectivity index (χ1v) is 30.4. The molecule has 3 rings (SSSR count). The molecule has 3 atom stereocenters. The minimum absolute atomic E-state index is 0.0146. The number of Topliss-reactive ketones (excluding diaryl/α,β-unsaturated/α-hetero) is 1. The van der Waals surface area contributed by atoms with E-state index in [0.717, 1.165) is 43.1 Å². The molecule has 1 aliphatic heterocycles. The number of carbonyl (C=O) groups excluding carboxylic acids is 3. The zero-order valence-corrected chi connectivity index (χ0v) is 47.3. The van der Waals surface area contributed by atoms with Crippen molar-refractivity contribution >= 4 is 17.7 Å². The second kappa shape index (κ2) is 41.4. The number of hydrogen-bond donors (Lipinski definition) is 1. The summed E-state index contributed by atoms with van der Waals surface area (Å²) in [5.41, 5.74) is -1.56. The number of esters is 1. The molecule has 0 saturated carbocycles. The van der Waals surface area contributed by atoms with Crippen molar-refractivity contribution in [1.29, 1.82) is 0 Å². The number of ether oxygens (including phenoxy) is 4. The standard InChI is InChI=1S/C62H104N2O10/c1-5-7-9-11-13-15-17-19-21-23-25-27-29-31-33-35-37-39-46-71-54-43-41-42-53(59(54)72-47-40-38-36-34-32-30-28-26-24-22-20-18-16-14-12-10-8-6-2)61(69)64-60(68)51(3)49-63(62(64)70)57-48-55(56(50-65)73-57)74-58(67)45-44-52(4)66/h41-43,49,55-57,65H,5-40,44-48,50H2,1-4H3/t55-,56-,57-/m1/s1. The molecule has 74 heavy (non-hydrogen) atoms. The molecule has 0 bridgehead atoms. The summed E-state index contributed by atoms with van der Waals surface area (Å²) in [6.45, 7) is 7.72. The van der Waals surface area contributed by atoms with Crippen molar-refractivity contribution in [2.45, 2.75) is 297 Å². The summed E-state index contributed by atoms with van der Waals surface area (Å²) >= 11 is 0. The number of nitrogens with zero attached hydrogens (tertiary/aromatic N) is 2. The van der Waals surface area contributed by atoms with E-state index in [0.29, 0.717) is 23.5 Å². The lowest BCUT2D eigenvalue weighted by Gasteiger charge is -2.19. The highest BCUT2D eigenvalue weighted by Gasteiger charge is 2.40. The molecule has 2 heterocycles. The highest BCUT2D eigenvalue weighted by molar-refractivity contribution is 5.99. The Morgan fingerprint density at radius 2 is 1.01 bits per heavy atom. The van der Waals surface area contributed by atoms with E-state index in [4.69, 9.17) is 18.9 Å². The van der Waals surface area contributed by atoms with E-state index in [9.17, 15) is 29.1 Å². The average Bonchev–Trinajstić information content (AvgIpc) is 3.80. The van der Waals surface area contributed by atoms with Gasteiger partial charge >= 0.3 is 11.7 Å². The van der Waals surface area contributed by atoms with Crippen LogP contribution in [-0.4, -0.2) is 63.9 Å². The molecule has 1 aliphatic rings. The molecule has 0 amide bonds. The Morgan fingerprint density at radius 1 is 0.595 bits per heavy atom. The van der Waals surface area contributed by atoms with Crippen LogP contribution in [0.5, 0.6) is 11.5 Å². The number of aliphatic hydroxyl groups is 1. The van der Waals surface area contributed by atoms with Crippen LogP contribution in [0.4, 0.5) is 0 Å². The van der Waals surface area contributed by atoms with Crippen molar-refractivity contribution < 1.29 is 38.4 Å². The van der Waals surface area contributed by atoms with E-state index in [2.05, 4.69) is 13.8 Å². The van der Waals surface area contributed by atoms with Gasteiger partial charge in [0.05, 0.1) is 31.8 Å². The molecule has 1 aromatic carbocycles. The molecule has 0 spiro atoms. The maximum atomic E-state index is 14.5. The maximum Gasteiger partial charge on any atom is 0.340 e. The number of para-hydroxylation sites is 1. The van der Waals surface area contributed by atoms with Gasteiger partial charge in [-0.1, -0.05) is 238 Å². The lowest BCUT2D eigenvalue weighted by Crippen LogP contribution is -2.45. The largest absolute Gasteiger partial charge is 0.490 e. The summed E-state index contributed by atoms with van der Waals surface area (Å²) in [5, 5.41) is 10.1. The number of ketones is 1. The van der Waals surface area contributed by atoms with Gasteiger partial charge in [0.15, 0.2) is 11.5 Å². The molecule has 422 valence electrons. The average molecular weight is 1040 g/mol. The van der Waals surface area contributed by atoms with Crippen molar-refractivity contribution in [2.24, 2.45) is 0 Å². The fourth-order valence-corrected chi connectivity index (χ4v) is 10.2. The fourth-order valence-electron chi connectivity index (χ4n) is 10.2. The van der Waals surface area contributed by atoms with Crippen LogP contribution in [0.25, 0.3) is 0 Å². The summed E-state index contributed by atoms with van der Waals surface area (Å²) in [4.78, 5) is 66.4. The Kier molecular flexibility index (Phi) is 36.1. The highest BCUT2D eigenvalue weighted by Crippen LogP contribution is 2.34. The molecule has 12 nitrogen and oxygen atoms in total. The smallest absolute Gasteiger partial charge is 0.340 e. The topological polar surface area (TPSA) is 152 Å². The molecule has 12 heteroatoms. The SMILES string of the molecule is CCCCCCCCCCCCCCCCCCCCOc1cccc(C(=O)n2c(=O)c(C)cn([C@H]3C[C@@H](OC(=O)CCC(C)=O)[C@@H](CO)O3)c2=O)c1OCCCCCCCCCCCCCCCCCCCC. The summed E-state index contributed by atoms with van der Waals surface area (Å²) in [5.74, 6) is -1.04. The normalized spacial score (nSPS) is 15.4. The number of rotatable bonds is 47. The Morgan fingerprint density at radius 3 is 1.43 bits per heavy atom. The fraction of sp³-hybridized carbons (Fsp3) is 0.790. The molecular formula is C62H104N2O10. The number of benzene rings is 1. The van der Waals surface area contributed by atoms with Crippen LogP contribution in [-0.2, 0) is 19.1 Å². The molecule has 0 aliphatic carbocycles. The number of carbonyl (C=O) groups is 3. The lowest BCUT2D eigenvalue weighted by atomic mass is 10.0. The number of aromatic nitrogens is 2. The van der Waals surface area contributed by atoms with Crippen LogP contribution in [0.15, 0.2) is 34.0 Å². The van der Waals surface area contributed by atoms with Crippen LogP contribution in [0.2, 0.25) is 0 Å². The van der Waals surface area contributed by atoms with Gasteiger partial charge in [0.1, 0.15) is 24.2 Å². The van der Waals surface area contributed by atoms with Gasteiger partial charge in [-0.3, -0.25) is 19.0 Å². The molecule has 1 N–H and O–H groups in total. The molecule has 0 radical (unpaired) electrons. The minimum atomic E-state index is -1.05. The van der Waals surface area contributed by atoms with Crippen molar-refractivity contribution in [3.8, 4) is 11.5 Å². The zero-order chi connectivity index (χ0) is 53.4. The Balaban J connectivity index is 1.55. The molecule has 1 fully saturated rings. The van der Waals surface area contributed by atoms with Gasteiger partial charge in [0.25, 0.3) is 11.5 Å². The second-order valence-corrected chi connectivity index (χ2v) is 21.6. The molecule has 2 aromatic rings. The van der Waals surface area contributed by atoms with Gasteiger partial charge in [0, 0.05) is 24.6 Å². The third-order valence-electron chi connectivity index (χ3n) is 14.8. The monoisotopic (exact) mass is 1040 g/mol. The van der Waals surface area contributed by atoms with Crippen LogP contribution in [0, 0.1) is 6.92 Å². The molecule has 1 saturated heterocycles. The maximum absolute atomic E-state index is 14.5. The van der Waals surface area contributed by atoms with Crippen molar-refractivity contribution in [3.05, 3.63) is 56.4 Å². The Bertz CT molecular complexity index is 1920. The van der Waals surface area contributed by atoms with E-state index < -0.39 is 48.2 Å². The third kappa shape index (κ3) is 26.8. The molecule has 1 aromatic heterocycles. The van der Waals surface area contributed by atoms with Gasteiger partial charge in [-0.2, -0.15) is 4.57 Å². The number of hydrogen-bond acceptors (Lipinski definition) is 10. The third-order valence-corrected chi connectivity index (χ3v) is 14.8. The predicted molar refractivity (Wildman–Crippen MR) is 300 cm³/mol. The van der Waals surface area contributed by atoms with Gasteiger partial charge < -0.3 is 28.8 Å². The van der Waals surface area contributed by atoms with Gasteiger partial charge in [-0.15, -0.1) is 0 Å². The van der Waals surface area contributed by atoms with E-state index in [-0.39, 0.29) is 41.9 Å². The van der Waals surface area contributed by atoms with E-state index in [1.54, 1.807) is 18.2 Å². The van der Waals surface area contributed by atoms with Crippen molar-refractivity contribution in [1.82, 2.24) is 9.13 Å². The zero-order valence-electron chi connectivity index (χ0n) is 47.3. The Labute approximate surface area is 447 Å². The Hall–Kier alpha value is -3.77. The minimum Gasteiger partial charge on any atom is -0.490 e. The summed E-state index contributed by atoms with van der Waals surface area (Å²) in [6, 6.07) is 5.00. The van der Waals surface area contributed by atoms with Gasteiger partial charge in [-0.25, -0.2) is 4.79 Å². The summed E-state index contributed by atoms with van der Waals surface area (Å²) in [6.07, 6.45) is 44.5. The second-order valence-electron chi connectivity index (χ2n) is 21.6. The van der Waals surface area contributed by atoms with Gasteiger partial charge in [0.2, 0.25) is 0 Å². The first-order chi connectivity index (χ1) is 36.1. The van der Waals surface area contributed by atoms with E-state index in [1.165, 1.54) is 213 Å². The molecular weight excluding hydrogens is 933 g/mol. The predicted octanol–water partition coefficient (Wildman–Crippen LogP) is 15.4. The number of aliphatic hydroxyl groups excluding tert-OH is 1. The lowest BCUT2D eigenvalue weighted by molar-refractivity contribution is -0.153. The first kappa shape index (κ1) is 64.5. The van der Waals surface area contributed by atoms with Crippen LogP contribution < -0.4 is 20.7 Å². The first-order valence-electron chi connectivity index (χ1n) is 30.4. The van der Waals surface area contributed by atoms with E-state index >= 15 is 0 Å². The van der Waals surface area contributed by atoms with Crippen LogP contribution >= 0.6 is 0 Å². The van der Waals surface area contributed by atoms with E-state index in [1.807, 2.05) is 0 Å². The van der Waals surface area contributed by atoms with Crippen LogP contribution in [0.1, 0.15) is 293 Å². The number of unbranched alkanes of at least 4 members (excludes halogenated alkanes) is 34. The van der Waals surface area contributed by atoms with Crippen molar-refractivity contribution in [3.63, 3.8) is 0 Å². The van der Waals surface area contributed by atoms with Gasteiger partial charge in [-0.05, 0) is 38.8 Å². The van der Waals surface area contributed by atoms with Crippen molar-refractivity contribution in [2.75, 3.05) is 19.8 Å². The number of aryl methyl sites for hydroxylation is 1. The highest BCUT2D eigenvalue weighted by atomic mass is 16.6. The summed E-state index contributed by atoms with van der Waals surface area (Å²) in [7, 11) is 0. The quantitative estimate of drug-likeness (QED) is 0.0501.